The molecule has 1 aromatic rings. The summed E-state index contributed by atoms with van der Waals surface area (Å²) < 4.78 is 0. The number of benzene rings is 1. The molecule has 88 valence electrons. The largest absolute Gasteiger partial charge is 0.328 e. The number of hydrogen-bond donors (Lipinski definition) is 1. The van der Waals surface area contributed by atoms with Crippen molar-refractivity contribution >= 4 is 23.9 Å². The van der Waals surface area contributed by atoms with E-state index < -0.39 is 6.03 Å². The molecule has 3 amide bonds. The fourth-order valence-electron chi connectivity index (χ4n) is 1.78. The molecule has 0 atom stereocenters. The molecule has 1 fully saturated rings. The summed E-state index contributed by atoms with van der Waals surface area (Å²) in [5.74, 6) is -0.268. The zero-order chi connectivity index (χ0) is 12.4. The molecule has 0 aliphatic carbocycles. The summed E-state index contributed by atoms with van der Waals surface area (Å²) in [7, 11) is 0. The van der Waals surface area contributed by atoms with Gasteiger partial charge in [-0.05, 0) is 18.6 Å². The molecule has 1 N–H and O–H groups in total. The highest BCUT2D eigenvalue weighted by Gasteiger charge is 2.25. The SMILES string of the molecule is Cc1ccc(C=O)cc1N1CCC(=O)NC1=O. The molecule has 1 aliphatic rings. The van der Waals surface area contributed by atoms with Crippen LogP contribution < -0.4 is 10.2 Å². The van der Waals surface area contributed by atoms with E-state index in [-0.39, 0.29) is 12.3 Å². The molecule has 0 bridgehead atoms. The maximum absolute atomic E-state index is 11.7. The second-order valence-corrected chi connectivity index (χ2v) is 3.92. The lowest BCUT2D eigenvalue weighted by molar-refractivity contribution is -0.120. The van der Waals surface area contributed by atoms with Gasteiger partial charge in [0.1, 0.15) is 6.29 Å². The molecule has 2 rings (SSSR count). The van der Waals surface area contributed by atoms with Gasteiger partial charge in [-0.15, -0.1) is 0 Å². The molecule has 0 unspecified atom stereocenters. The number of hydrogen-bond acceptors (Lipinski definition) is 3. The number of aryl methyl sites for hydroxylation is 1. The Morgan fingerprint density at radius 2 is 2.12 bits per heavy atom. The zero-order valence-electron chi connectivity index (χ0n) is 9.40. The van der Waals surface area contributed by atoms with Gasteiger partial charge in [-0.3, -0.25) is 19.8 Å². The van der Waals surface area contributed by atoms with E-state index in [0.717, 1.165) is 11.8 Å². The molecule has 0 radical (unpaired) electrons. The van der Waals surface area contributed by atoms with Crippen LogP contribution in [0.15, 0.2) is 18.2 Å². The Kier molecular flexibility index (Phi) is 2.91. The lowest BCUT2D eigenvalue weighted by Crippen LogP contribution is -2.49. The fourth-order valence-corrected chi connectivity index (χ4v) is 1.78. The minimum atomic E-state index is -0.438. The summed E-state index contributed by atoms with van der Waals surface area (Å²) in [5.41, 5.74) is 2.06. The first-order chi connectivity index (χ1) is 8.11. The number of amides is 3. The summed E-state index contributed by atoms with van der Waals surface area (Å²) in [5, 5.41) is 2.25. The van der Waals surface area contributed by atoms with E-state index in [1.54, 1.807) is 18.2 Å². The van der Waals surface area contributed by atoms with Gasteiger partial charge in [0, 0.05) is 24.2 Å². The molecule has 1 aliphatic heterocycles. The standard InChI is InChI=1S/C12H12N2O3/c1-8-2-3-9(7-15)6-10(8)14-5-4-11(16)13-12(14)17/h2-3,6-7H,4-5H2,1H3,(H,13,16,17). The van der Waals surface area contributed by atoms with Gasteiger partial charge in [-0.1, -0.05) is 12.1 Å². The van der Waals surface area contributed by atoms with Crippen LogP contribution in [-0.4, -0.2) is 24.8 Å². The van der Waals surface area contributed by atoms with E-state index in [2.05, 4.69) is 5.32 Å². The van der Waals surface area contributed by atoms with E-state index in [1.165, 1.54) is 4.90 Å². The van der Waals surface area contributed by atoms with Crippen LogP contribution in [0.4, 0.5) is 10.5 Å². The van der Waals surface area contributed by atoms with Crippen molar-refractivity contribution in [3.8, 4) is 0 Å². The van der Waals surface area contributed by atoms with Crippen LogP contribution in [0.5, 0.6) is 0 Å². The van der Waals surface area contributed by atoms with Crippen molar-refractivity contribution in [2.24, 2.45) is 0 Å². The van der Waals surface area contributed by atoms with Crippen LogP contribution in [0.2, 0.25) is 0 Å². The fraction of sp³-hybridized carbons (Fsp3) is 0.250. The number of carbonyl (C=O) groups is 3. The molecule has 1 saturated heterocycles. The van der Waals surface area contributed by atoms with E-state index in [9.17, 15) is 14.4 Å². The Morgan fingerprint density at radius 1 is 1.35 bits per heavy atom. The van der Waals surface area contributed by atoms with Crippen LogP contribution in [0.25, 0.3) is 0 Å². The number of nitrogens with one attached hydrogen (secondary N) is 1. The van der Waals surface area contributed by atoms with Crippen molar-refractivity contribution < 1.29 is 14.4 Å². The molecule has 1 aromatic carbocycles. The van der Waals surface area contributed by atoms with Crippen molar-refractivity contribution in [2.75, 3.05) is 11.4 Å². The predicted molar refractivity (Wildman–Crippen MR) is 62.1 cm³/mol. The number of anilines is 1. The maximum atomic E-state index is 11.7. The van der Waals surface area contributed by atoms with E-state index in [0.29, 0.717) is 17.8 Å². The normalized spacial score (nSPS) is 15.7. The quantitative estimate of drug-likeness (QED) is 0.780. The van der Waals surface area contributed by atoms with Crippen molar-refractivity contribution in [2.45, 2.75) is 13.3 Å². The molecule has 5 heteroatoms. The highest BCUT2D eigenvalue weighted by molar-refractivity contribution is 6.06. The first kappa shape index (κ1) is 11.3. The van der Waals surface area contributed by atoms with Gasteiger partial charge < -0.3 is 0 Å². The molecular formula is C12H12N2O3. The molecule has 1 heterocycles. The van der Waals surface area contributed by atoms with E-state index in [4.69, 9.17) is 0 Å². The number of carbonyl (C=O) groups excluding carboxylic acids is 3. The molecular weight excluding hydrogens is 220 g/mol. The average molecular weight is 232 g/mol. The Balaban J connectivity index is 2.36. The van der Waals surface area contributed by atoms with Gasteiger partial charge in [0.2, 0.25) is 5.91 Å². The Labute approximate surface area is 98.4 Å². The van der Waals surface area contributed by atoms with Crippen LogP contribution in [0, 0.1) is 6.92 Å². The average Bonchev–Trinajstić information content (AvgIpc) is 2.30. The third-order valence-electron chi connectivity index (χ3n) is 2.71. The first-order valence-corrected chi connectivity index (χ1v) is 5.29. The van der Waals surface area contributed by atoms with Gasteiger partial charge in [0.25, 0.3) is 0 Å². The first-order valence-electron chi connectivity index (χ1n) is 5.29. The van der Waals surface area contributed by atoms with Gasteiger partial charge in [-0.2, -0.15) is 0 Å². The van der Waals surface area contributed by atoms with Gasteiger partial charge >= 0.3 is 6.03 Å². The van der Waals surface area contributed by atoms with Crippen molar-refractivity contribution in [1.82, 2.24) is 5.32 Å². The lowest BCUT2D eigenvalue weighted by atomic mass is 10.1. The molecule has 0 spiro atoms. The summed E-state index contributed by atoms with van der Waals surface area (Å²) in [6.07, 6.45) is 1.01. The zero-order valence-corrected chi connectivity index (χ0v) is 9.40. The predicted octanol–water partition coefficient (Wildman–Crippen LogP) is 1.25. The van der Waals surface area contributed by atoms with E-state index >= 15 is 0 Å². The molecule has 17 heavy (non-hydrogen) atoms. The van der Waals surface area contributed by atoms with Crippen LogP contribution >= 0.6 is 0 Å². The third-order valence-corrected chi connectivity index (χ3v) is 2.71. The number of rotatable bonds is 2. The molecule has 0 aromatic heterocycles. The van der Waals surface area contributed by atoms with Crippen molar-refractivity contribution in [3.63, 3.8) is 0 Å². The number of aldehydes is 1. The third kappa shape index (κ3) is 2.18. The maximum Gasteiger partial charge on any atom is 0.328 e. The molecule has 5 nitrogen and oxygen atoms in total. The number of urea groups is 1. The number of nitrogens with zero attached hydrogens (tertiary/aromatic N) is 1. The minimum absolute atomic E-state index is 0.268. The smallest absolute Gasteiger partial charge is 0.298 e. The van der Waals surface area contributed by atoms with Crippen LogP contribution in [0.3, 0.4) is 0 Å². The van der Waals surface area contributed by atoms with Gasteiger partial charge in [-0.25, -0.2) is 4.79 Å². The second-order valence-electron chi connectivity index (χ2n) is 3.92. The summed E-state index contributed by atoms with van der Waals surface area (Å²) in [6.45, 7) is 2.20. The van der Waals surface area contributed by atoms with E-state index in [1.807, 2.05) is 6.92 Å². The highest BCUT2D eigenvalue weighted by Crippen LogP contribution is 2.22. The van der Waals surface area contributed by atoms with Crippen LogP contribution in [-0.2, 0) is 4.79 Å². The van der Waals surface area contributed by atoms with Crippen molar-refractivity contribution in [1.29, 1.82) is 0 Å². The minimum Gasteiger partial charge on any atom is -0.298 e. The monoisotopic (exact) mass is 232 g/mol. The lowest BCUT2D eigenvalue weighted by Gasteiger charge is -2.28. The van der Waals surface area contributed by atoms with Gasteiger partial charge in [0.05, 0.1) is 0 Å². The summed E-state index contributed by atoms with van der Waals surface area (Å²) >= 11 is 0. The van der Waals surface area contributed by atoms with Crippen molar-refractivity contribution in [3.05, 3.63) is 29.3 Å². The summed E-state index contributed by atoms with van der Waals surface area (Å²) in [6, 6.07) is 4.69. The molecule has 0 saturated carbocycles. The number of imide groups is 1. The van der Waals surface area contributed by atoms with Gasteiger partial charge in [0.15, 0.2) is 0 Å². The highest BCUT2D eigenvalue weighted by atomic mass is 16.2. The Bertz CT molecular complexity index is 497. The second kappa shape index (κ2) is 4.37. The Morgan fingerprint density at radius 3 is 2.76 bits per heavy atom. The topological polar surface area (TPSA) is 66.5 Å². The summed E-state index contributed by atoms with van der Waals surface area (Å²) in [4.78, 5) is 34.9. The Hall–Kier alpha value is -2.17. The van der Waals surface area contributed by atoms with Crippen LogP contribution in [0.1, 0.15) is 22.3 Å².